The summed E-state index contributed by atoms with van der Waals surface area (Å²) in [6, 6.07) is 114. The first-order chi connectivity index (χ1) is 62.9. The Bertz CT molecular complexity index is 6650. The molecule has 0 fully saturated rings. The van der Waals surface area contributed by atoms with Crippen LogP contribution in [0.15, 0.2) is 332 Å². The van der Waals surface area contributed by atoms with E-state index in [1.165, 1.54) is 206 Å². The van der Waals surface area contributed by atoms with Crippen LogP contribution in [-0.4, -0.2) is 0 Å². The summed E-state index contributed by atoms with van der Waals surface area (Å²) < 4.78 is 16.2. The molecule has 15 aromatic rings. The number of terminal acetylenes is 2. The number of ether oxygens (including phenoxy) is 2. The molecule has 0 N–H and O–H groups in total. The Morgan fingerprint density at radius 3 is 1.19 bits per heavy atom. The van der Waals surface area contributed by atoms with Crippen LogP contribution in [0.1, 0.15) is 201 Å². The number of fused-ring (bicyclic) bond motifs is 10. The number of benzene rings is 14. The first kappa shape index (κ1) is 96.4. The van der Waals surface area contributed by atoms with E-state index >= 15 is 0 Å². The van der Waals surface area contributed by atoms with E-state index in [9.17, 15) is 0 Å². The van der Waals surface area contributed by atoms with E-state index in [1.54, 1.807) is 11.1 Å². The number of rotatable bonds is 18. The van der Waals surface area contributed by atoms with E-state index < -0.39 is 0 Å². The topological polar surface area (TPSA) is 31.6 Å². The molecule has 1 heterocycles. The lowest BCUT2D eigenvalue weighted by molar-refractivity contribution is 0.397. The van der Waals surface area contributed by atoms with Gasteiger partial charge in [0.25, 0.3) is 0 Å². The molecule has 0 radical (unpaired) electrons. The Hall–Kier alpha value is -14.8. The third-order valence-electron chi connectivity index (χ3n) is 23.0. The zero-order valence-electron chi connectivity index (χ0n) is 77.5. The number of unbranched alkanes of at least 4 members (excludes halogenated alkanes) is 10. The molecule has 17 rings (SSSR count). The van der Waals surface area contributed by atoms with Crippen molar-refractivity contribution in [3.05, 3.63) is 394 Å². The van der Waals surface area contributed by atoms with Crippen LogP contribution in [0.2, 0.25) is 0 Å². The third-order valence-corrected chi connectivity index (χ3v) is 23.0. The molecule has 0 unspecified atom stereocenters. The maximum absolute atomic E-state index is 5.78. The van der Waals surface area contributed by atoms with Crippen molar-refractivity contribution in [2.24, 2.45) is 0 Å². The van der Waals surface area contributed by atoms with Crippen LogP contribution in [-0.2, 0) is 10.8 Å². The lowest BCUT2D eigenvalue weighted by Gasteiger charge is -2.33. The quantitative estimate of drug-likeness (QED) is 0.0634. The van der Waals surface area contributed by atoms with Gasteiger partial charge in [-0.1, -0.05) is 441 Å². The predicted octanol–water partition coefficient (Wildman–Crippen LogP) is 35.3. The van der Waals surface area contributed by atoms with Gasteiger partial charge in [-0.15, -0.1) is 12.8 Å². The van der Waals surface area contributed by atoms with E-state index in [-0.39, 0.29) is 27.9 Å². The molecule has 0 atom stereocenters. The average molecular weight is 1710 g/mol. The third kappa shape index (κ3) is 29.4. The normalized spacial score (nSPS) is 11.0. The van der Waals surface area contributed by atoms with Crippen molar-refractivity contribution in [3.63, 3.8) is 0 Å². The Morgan fingerprint density at radius 1 is 0.287 bits per heavy atom. The van der Waals surface area contributed by atoms with Crippen LogP contribution in [0.25, 0.3) is 77.2 Å². The highest BCUT2D eigenvalue weighted by Gasteiger charge is 2.42. The molecule has 0 aliphatic heterocycles. The Kier molecular flexibility index (Phi) is 38.6. The summed E-state index contributed by atoms with van der Waals surface area (Å²) in [6.45, 7) is 26.1. The number of para-hydroxylation sites is 2. The highest BCUT2D eigenvalue weighted by Crippen LogP contribution is 2.55. The molecular formula is C126H144O3. The largest absolute Gasteiger partial charge is 0.456 e. The van der Waals surface area contributed by atoms with Crippen LogP contribution >= 0.6 is 0 Å². The van der Waals surface area contributed by atoms with Gasteiger partial charge < -0.3 is 13.9 Å². The van der Waals surface area contributed by atoms with Gasteiger partial charge in [0.05, 0.1) is 0 Å². The summed E-state index contributed by atoms with van der Waals surface area (Å²) in [5.74, 6) is 30.3. The number of hydrogen-bond acceptors (Lipinski definition) is 3. The molecule has 2 aliphatic carbocycles. The molecule has 666 valence electrons. The van der Waals surface area contributed by atoms with Crippen molar-refractivity contribution in [1.82, 2.24) is 0 Å². The van der Waals surface area contributed by atoms with Crippen LogP contribution in [0.5, 0.6) is 11.5 Å². The van der Waals surface area contributed by atoms with Gasteiger partial charge in [-0.2, -0.15) is 0 Å². The van der Waals surface area contributed by atoms with Gasteiger partial charge in [-0.05, 0) is 217 Å². The van der Waals surface area contributed by atoms with Crippen LogP contribution in [0.4, 0.5) is 0 Å². The van der Waals surface area contributed by atoms with Gasteiger partial charge in [0.2, 0.25) is 0 Å². The van der Waals surface area contributed by atoms with Crippen LogP contribution in [0.3, 0.4) is 0 Å². The van der Waals surface area contributed by atoms with E-state index in [0.717, 1.165) is 16.7 Å². The summed E-state index contributed by atoms with van der Waals surface area (Å²) in [5, 5.41) is 5.05. The predicted molar refractivity (Wildman–Crippen MR) is 576 cm³/mol. The molecule has 3 nitrogen and oxygen atoms in total. The van der Waals surface area contributed by atoms with Crippen molar-refractivity contribution in [1.29, 1.82) is 0 Å². The number of hydrogen-bond donors (Lipinski definition) is 0. The first-order valence-corrected chi connectivity index (χ1v) is 45.3. The van der Waals surface area contributed by atoms with Gasteiger partial charge in [0.1, 0.15) is 34.9 Å². The molecule has 2 aliphatic rings. The molecule has 3 heteroatoms. The highest BCUT2D eigenvalue weighted by molar-refractivity contribution is 6.05. The zero-order chi connectivity index (χ0) is 91.3. The minimum absolute atomic E-state index is 0. The summed E-state index contributed by atoms with van der Waals surface area (Å²) in [4.78, 5) is 0. The monoisotopic (exact) mass is 1710 g/mol. The van der Waals surface area contributed by atoms with Crippen LogP contribution in [0, 0.1) is 151 Å². The SMILES string of the molecule is C#CC#CC#CC#COc1ccc(-c2ccc(C)cc2)cc1.C#CC#CC#CC#COc1ccc(C)cc1.CCCCCCCCC1(CCCCCCCC)c2ccccc2-c2ccc(C)cc21.Cc1ccc(-c2ccccc2)cc1.Cc1ccc2c(c1)C(C)(C)c1ccccc1-2.Cc1ccc2ccccc2c1.Cc1cccc2c1oc1ccccc12.Cc1ccccc1.[HH].[HH].[HH].[HH].[HH].[HH].[HH].[HH].[HH].[HH].[HH].[HH]. The van der Waals surface area contributed by atoms with Crippen molar-refractivity contribution in [2.45, 2.75) is 184 Å². The minimum Gasteiger partial charge on any atom is -0.456 e. The van der Waals surface area contributed by atoms with Gasteiger partial charge >= 0.3 is 0 Å². The van der Waals surface area contributed by atoms with Gasteiger partial charge in [-0.25, -0.2) is 0 Å². The van der Waals surface area contributed by atoms with Crippen molar-refractivity contribution >= 4 is 32.7 Å². The van der Waals surface area contributed by atoms with E-state index in [2.05, 4.69) is 396 Å². The van der Waals surface area contributed by atoms with E-state index in [4.69, 9.17) is 26.7 Å². The number of furan rings is 1. The second kappa shape index (κ2) is 51.6. The standard InChI is InChI=1S/C30H44.C21H12O.C16H16.C15H8O.C13H10O.C13H12.C11H10.C7H8.12H2/c1-4-6-8-10-12-16-22-30(23-17-13-11-9-7-5-2)28-19-15-14-18-26(28)27-21-20-25(3)24-29(27)30;1-3-4-5-6-7-8-17-22-21-15-13-20(14-16-21)19-11-9-18(2)10-12-19;1-11-8-9-13-12-6-4-5-7-14(12)16(2,3)15(13)10-11;1-3-4-5-6-7-8-13-16-15-11-9-14(2)10-12-15;1-9-5-4-7-11-10-6-2-3-8-12(10)14-13(9)11;1-11-7-9-13(10-8-11)12-5-3-2-4-6-12;1-9-6-7-10-4-2-3-5-11(10)8-9;1-7-5-3-2-4-6-7;;;;;;;;;;;;/h14-15,18-21,24H,4-13,16-17,22-23H2,1-3H3;1,9-16H,2H3;4-10H,1-3H3;1,9-12H,2H3;2-8H,1H3;2-10H,1H3;2-8H,1H3;2-6H,1H3;12*1H. The smallest absolute Gasteiger partial charge is 0.140 e. The van der Waals surface area contributed by atoms with Crippen LogP contribution < -0.4 is 9.47 Å². The fraction of sp³-hybridized carbons (Fsp3) is 0.222. The fourth-order valence-electron chi connectivity index (χ4n) is 16.1. The van der Waals surface area contributed by atoms with Crippen molar-refractivity contribution < 1.29 is 31.0 Å². The first-order valence-electron chi connectivity index (χ1n) is 45.3. The molecule has 0 saturated carbocycles. The Morgan fingerprint density at radius 2 is 0.659 bits per heavy atom. The van der Waals surface area contributed by atoms with Crippen molar-refractivity contribution in [2.75, 3.05) is 0 Å². The summed E-state index contributed by atoms with van der Waals surface area (Å²) in [7, 11) is 0. The van der Waals surface area contributed by atoms with Gasteiger partial charge in [-0.3, -0.25) is 0 Å². The Labute approximate surface area is 789 Å². The second-order valence-corrected chi connectivity index (χ2v) is 33.4. The maximum Gasteiger partial charge on any atom is 0.140 e. The molecular weight excluding hydrogens is 1560 g/mol. The summed E-state index contributed by atoms with van der Waals surface area (Å²) in [5.41, 5.74) is 29.5. The highest BCUT2D eigenvalue weighted by atomic mass is 16.5. The molecule has 0 saturated heterocycles. The van der Waals surface area contributed by atoms with Gasteiger partial charge in [0.15, 0.2) is 0 Å². The van der Waals surface area contributed by atoms with Gasteiger partial charge in [0, 0.05) is 74.2 Å². The number of aryl methyl sites for hydroxylation is 8. The molecule has 0 spiro atoms. The zero-order valence-corrected chi connectivity index (χ0v) is 77.5. The molecule has 0 amide bonds. The molecule has 14 aromatic carbocycles. The van der Waals surface area contributed by atoms with E-state index in [0.29, 0.717) is 11.5 Å². The Balaban J connectivity index is -0.00000156. The lowest BCUT2D eigenvalue weighted by atomic mass is 9.70. The second-order valence-electron chi connectivity index (χ2n) is 33.4. The average Bonchev–Trinajstić information content (AvgIpc) is 1.56. The van der Waals surface area contributed by atoms with E-state index in [1.807, 2.05) is 97.9 Å². The molecule has 0 bridgehead atoms. The maximum atomic E-state index is 5.78. The van der Waals surface area contributed by atoms with Crippen molar-refractivity contribution in [3.8, 4) is 152 Å². The fourth-order valence-corrected chi connectivity index (χ4v) is 16.1. The minimum atomic E-state index is 0. The molecule has 129 heavy (non-hydrogen) atoms. The lowest BCUT2D eigenvalue weighted by Crippen LogP contribution is -2.25. The summed E-state index contributed by atoms with van der Waals surface area (Å²) >= 11 is 0. The summed E-state index contributed by atoms with van der Waals surface area (Å²) in [6.07, 6.45) is 34.1. The molecule has 1 aromatic heterocycles.